The van der Waals surface area contributed by atoms with E-state index in [0.717, 1.165) is 23.8 Å². The lowest BCUT2D eigenvalue weighted by Crippen LogP contribution is -2.44. The van der Waals surface area contributed by atoms with Crippen LogP contribution in [0.5, 0.6) is 0 Å². The summed E-state index contributed by atoms with van der Waals surface area (Å²) in [5.41, 5.74) is 0. The van der Waals surface area contributed by atoms with Crippen LogP contribution in [0.25, 0.3) is 0 Å². The summed E-state index contributed by atoms with van der Waals surface area (Å²) in [5, 5.41) is 3.83. The first kappa shape index (κ1) is 13.0. The van der Waals surface area contributed by atoms with E-state index in [-0.39, 0.29) is 0 Å². The van der Waals surface area contributed by atoms with Crippen molar-refractivity contribution in [3.8, 4) is 0 Å². The van der Waals surface area contributed by atoms with Crippen molar-refractivity contribution in [2.24, 2.45) is 17.8 Å². The van der Waals surface area contributed by atoms with Crippen molar-refractivity contribution in [2.75, 3.05) is 0 Å². The molecule has 0 spiro atoms. The Morgan fingerprint density at radius 1 is 1.13 bits per heavy atom. The van der Waals surface area contributed by atoms with E-state index in [1.807, 2.05) is 0 Å². The number of hydrogen-bond donors (Lipinski definition) is 1. The van der Waals surface area contributed by atoms with Gasteiger partial charge >= 0.3 is 0 Å². The van der Waals surface area contributed by atoms with E-state index in [2.05, 4.69) is 39.9 Å². The van der Waals surface area contributed by atoms with Gasteiger partial charge in [-0.25, -0.2) is 0 Å². The quantitative estimate of drug-likeness (QED) is 0.745. The van der Waals surface area contributed by atoms with E-state index in [9.17, 15) is 0 Å². The number of nitrogens with one attached hydrogen (secondary N) is 1. The lowest BCUT2D eigenvalue weighted by molar-refractivity contribution is 0.209. The van der Waals surface area contributed by atoms with Crippen LogP contribution in [0.4, 0.5) is 0 Å². The molecule has 15 heavy (non-hydrogen) atoms. The molecule has 0 aromatic carbocycles. The van der Waals surface area contributed by atoms with E-state index in [1.165, 1.54) is 25.7 Å². The molecule has 1 fully saturated rings. The molecule has 0 bridgehead atoms. The Morgan fingerprint density at radius 3 is 2.40 bits per heavy atom. The second-order valence-electron chi connectivity index (χ2n) is 6.20. The predicted octanol–water partition coefficient (Wildman–Crippen LogP) is 3.84. The molecule has 4 atom stereocenters. The van der Waals surface area contributed by atoms with Gasteiger partial charge in [0, 0.05) is 12.1 Å². The van der Waals surface area contributed by atoms with Gasteiger partial charge in [-0.3, -0.25) is 0 Å². The Labute approximate surface area is 96.0 Å². The van der Waals surface area contributed by atoms with Crippen molar-refractivity contribution in [2.45, 2.75) is 72.4 Å². The molecular weight excluding hydrogens is 182 g/mol. The lowest BCUT2D eigenvalue weighted by atomic mass is 9.79. The SMILES string of the molecule is CC(C)CC(C)NC1CC(C)CCC1C. The Hall–Kier alpha value is -0.0400. The third kappa shape index (κ3) is 4.55. The third-order valence-corrected chi connectivity index (χ3v) is 3.78. The zero-order valence-electron chi connectivity index (χ0n) is 11.2. The van der Waals surface area contributed by atoms with Crippen LogP contribution in [-0.4, -0.2) is 12.1 Å². The van der Waals surface area contributed by atoms with Gasteiger partial charge in [0.25, 0.3) is 0 Å². The zero-order chi connectivity index (χ0) is 11.4. The predicted molar refractivity (Wildman–Crippen MR) is 68.0 cm³/mol. The van der Waals surface area contributed by atoms with Crippen molar-refractivity contribution < 1.29 is 0 Å². The largest absolute Gasteiger partial charge is 0.311 e. The molecule has 4 unspecified atom stereocenters. The first-order valence-corrected chi connectivity index (χ1v) is 6.75. The van der Waals surface area contributed by atoms with Crippen LogP contribution in [0.15, 0.2) is 0 Å². The molecule has 0 aliphatic heterocycles. The van der Waals surface area contributed by atoms with Gasteiger partial charge in [-0.2, -0.15) is 0 Å². The molecule has 0 heterocycles. The van der Waals surface area contributed by atoms with Crippen LogP contribution < -0.4 is 5.32 Å². The maximum atomic E-state index is 3.83. The Morgan fingerprint density at radius 2 is 1.80 bits per heavy atom. The molecule has 1 nitrogen and oxygen atoms in total. The normalized spacial score (nSPS) is 34.4. The molecule has 0 aromatic heterocycles. The van der Waals surface area contributed by atoms with Crippen LogP contribution in [0, 0.1) is 17.8 Å². The summed E-state index contributed by atoms with van der Waals surface area (Å²) in [4.78, 5) is 0. The average Bonchev–Trinajstić information content (AvgIpc) is 2.10. The van der Waals surface area contributed by atoms with Crippen LogP contribution in [-0.2, 0) is 0 Å². The molecule has 1 N–H and O–H groups in total. The van der Waals surface area contributed by atoms with Crippen LogP contribution in [0.2, 0.25) is 0 Å². The summed E-state index contributed by atoms with van der Waals surface area (Å²) >= 11 is 0. The summed E-state index contributed by atoms with van der Waals surface area (Å²) in [5.74, 6) is 2.60. The molecule has 0 radical (unpaired) electrons. The van der Waals surface area contributed by atoms with Crippen molar-refractivity contribution in [3.05, 3.63) is 0 Å². The third-order valence-electron chi connectivity index (χ3n) is 3.78. The minimum atomic E-state index is 0.683. The van der Waals surface area contributed by atoms with E-state index in [1.54, 1.807) is 0 Å². The Kier molecular flexibility index (Phi) is 5.11. The first-order chi connectivity index (χ1) is 6.99. The van der Waals surface area contributed by atoms with Crippen molar-refractivity contribution in [1.82, 2.24) is 5.32 Å². The highest BCUT2D eigenvalue weighted by Gasteiger charge is 2.26. The standard InChI is InChI=1S/C14H29N/c1-10(2)8-13(5)15-14-9-11(3)6-7-12(14)4/h10-15H,6-9H2,1-5H3. The Bertz CT molecular complexity index is 176. The first-order valence-electron chi connectivity index (χ1n) is 6.75. The number of hydrogen-bond acceptors (Lipinski definition) is 1. The van der Waals surface area contributed by atoms with E-state index in [0.29, 0.717) is 6.04 Å². The van der Waals surface area contributed by atoms with Gasteiger partial charge in [-0.1, -0.05) is 34.1 Å². The zero-order valence-corrected chi connectivity index (χ0v) is 11.2. The lowest BCUT2D eigenvalue weighted by Gasteiger charge is -2.35. The highest BCUT2D eigenvalue weighted by molar-refractivity contribution is 4.83. The van der Waals surface area contributed by atoms with E-state index in [4.69, 9.17) is 0 Å². The summed E-state index contributed by atoms with van der Waals surface area (Å²) in [6, 6.07) is 1.45. The molecule has 0 amide bonds. The highest BCUT2D eigenvalue weighted by Crippen LogP contribution is 2.28. The highest BCUT2D eigenvalue weighted by atomic mass is 15.0. The van der Waals surface area contributed by atoms with E-state index >= 15 is 0 Å². The second kappa shape index (κ2) is 5.89. The maximum absolute atomic E-state index is 3.83. The van der Waals surface area contributed by atoms with E-state index < -0.39 is 0 Å². The molecule has 0 aromatic rings. The molecule has 1 aliphatic rings. The van der Waals surface area contributed by atoms with Gasteiger partial charge in [0.1, 0.15) is 0 Å². The molecule has 1 heteroatoms. The van der Waals surface area contributed by atoms with Gasteiger partial charge in [0.15, 0.2) is 0 Å². The topological polar surface area (TPSA) is 12.0 Å². The molecule has 1 saturated carbocycles. The summed E-state index contributed by atoms with van der Waals surface area (Å²) in [7, 11) is 0. The summed E-state index contributed by atoms with van der Waals surface area (Å²) in [6.07, 6.45) is 5.52. The van der Waals surface area contributed by atoms with Crippen molar-refractivity contribution in [3.63, 3.8) is 0 Å². The van der Waals surface area contributed by atoms with Gasteiger partial charge in [0.05, 0.1) is 0 Å². The number of rotatable bonds is 4. The summed E-state index contributed by atoms with van der Waals surface area (Å²) in [6.45, 7) is 11.8. The fraction of sp³-hybridized carbons (Fsp3) is 1.00. The molecule has 1 aliphatic carbocycles. The molecule has 90 valence electrons. The van der Waals surface area contributed by atoms with Crippen molar-refractivity contribution in [1.29, 1.82) is 0 Å². The monoisotopic (exact) mass is 211 g/mol. The fourth-order valence-corrected chi connectivity index (χ4v) is 2.91. The van der Waals surface area contributed by atoms with Gasteiger partial charge in [-0.05, 0) is 43.9 Å². The van der Waals surface area contributed by atoms with Gasteiger partial charge < -0.3 is 5.32 Å². The smallest absolute Gasteiger partial charge is 0.00977 e. The molecule has 0 saturated heterocycles. The maximum Gasteiger partial charge on any atom is 0.00977 e. The average molecular weight is 211 g/mol. The van der Waals surface area contributed by atoms with Crippen LogP contribution in [0.1, 0.15) is 60.3 Å². The van der Waals surface area contributed by atoms with Crippen LogP contribution in [0.3, 0.4) is 0 Å². The van der Waals surface area contributed by atoms with Gasteiger partial charge in [-0.15, -0.1) is 0 Å². The molecule has 1 rings (SSSR count). The summed E-state index contributed by atoms with van der Waals surface area (Å²) < 4.78 is 0. The Balaban J connectivity index is 2.34. The van der Waals surface area contributed by atoms with Crippen molar-refractivity contribution >= 4 is 0 Å². The minimum absolute atomic E-state index is 0.683. The minimum Gasteiger partial charge on any atom is -0.311 e. The van der Waals surface area contributed by atoms with Gasteiger partial charge in [0.2, 0.25) is 0 Å². The molecular formula is C14H29N. The van der Waals surface area contributed by atoms with Crippen LogP contribution >= 0.6 is 0 Å². The fourth-order valence-electron chi connectivity index (χ4n) is 2.91. The second-order valence-corrected chi connectivity index (χ2v) is 6.20.